The Morgan fingerprint density at radius 1 is 1.25 bits per heavy atom. The van der Waals surface area contributed by atoms with Crippen molar-refractivity contribution >= 4 is 11.9 Å². The van der Waals surface area contributed by atoms with E-state index in [1.165, 1.54) is 0 Å². The second kappa shape index (κ2) is 4.74. The molecule has 0 fully saturated rings. The summed E-state index contributed by atoms with van der Waals surface area (Å²) < 4.78 is 0. The van der Waals surface area contributed by atoms with E-state index in [0.29, 0.717) is 6.42 Å². The largest absolute Gasteiger partial charge is 0.481 e. The van der Waals surface area contributed by atoms with Crippen molar-refractivity contribution in [3.63, 3.8) is 0 Å². The molecule has 0 saturated carbocycles. The normalized spacial score (nSPS) is 15.2. The summed E-state index contributed by atoms with van der Waals surface area (Å²) in [5.41, 5.74) is 0. The molecular weight excluding hydrogens is 160 g/mol. The lowest BCUT2D eigenvalue weighted by atomic mass is 9.95. The third kappa shape index (κ3) is 4.71. The van der Waals surface area contributed by atoms with Crippen LogP contribution in [0.25, 0.3) is 0 Å². The third-order valence-corrected chi connectivity index (χ3v) is 1.70. The number of carbonyl (C=O) groups is 2. The summed E-state index contributed by atoms with van der Waals surface area (Å²) in [6.07, 6.45) is 0.458. The Kier molecular flexibility index (Phi) is 4.33. The van der Waals surface area contributed by atoms with Crippen LogP contribution in [0.3, 0.4) is 0 Å². The average Bonchev–Trinajstić information content (AvgIpc) is 1.84. The topological polar surface area (TPSA) is 74.6 Å². The van der Waals surface area contributed by atoms with Crippen molar-refractivity contribution in [2.24, 2.45) is 11.8 Å². The van der Waals surface area contributed by atoms with Gasteiger partial charge in [0.1, 0.15) is 0 Å². The van der Waals surface area contributed by atoms with Gasteiger partial charge in [0.25, 0.3) is 0 Å². The number of hydrogen-bond donors (Lipinski definition) is 2. The lowest BCUT2D eigenvalue weighted by Crippen LogP contribution is -2.15. The van der Waals surface area contributed by atoms with E-state index in [0.717, 1.165) is 0 Å². The molecule has 0 spiro atoms. The van der Waals surface area contributed by atoms with E-state index in [1.807, 2.05) is 0 Å². The summed E-state index contributed by atoms with van der Waals surface area (Å²) in [6.45, 7) is 3.33. The Morgan fingerprint density at radius 2 is 1.75 bits per heavy atom. The van der Waals surface area contributed by atoms with Crippen LogP contribution in [0.2, 0.25) is 0 Å². The molecule has 4 heteroatoms. The third-order valence-electron chi connectivity index (χ3n) is 1.70. The second-order valence-electron chi connectivity index (χ2n) is 3.18. The Labute approximate surface area is 71.2 Å². The molecule has 0 aromatic carbocycles. The molecule has 0 bridgehead atoms. The first-order valence-electron chi connectivity index (χ1n) is 3.88. The Balaban J connectivity index is 3.76. The average molecular weight is 174 g/mol. The maximum absolute atomic E-state index is 10.4. The first kappa shape index (κ1) is 10.9. The van der Waals surface area contributed by atoms with Gasteiger partial charge in [0, 0.05) is 6.42 Å². The maximum Gasteiger partial charge on any atom is 0.306 e. The molecule has 0 aliphatic rings. The number of hydrogen-bond acceptors (Lipinski definition) is 2. The molecule has 0 aromatic heterocycles. The minimum Gasteiger partial charge on any atom is -0.481 e. The van der Waals surface area contributed by atoms with E-state index < -0.39 is 17.9 Å². The van der Waals surface area contributed by atoms with E-state index in [9.17, 15) is 9.59 Å². The predicted molar refractivity (Wildman–Crippen MR) is 42.8 cm³/mol. The Hall–Kier alpha value is -1.06. The van der Waals surface area contributed by atoms with E-state index in [-0.39, 0.29) is 12.3 Å². The van der Waals surface area contributed by atoms with Crippen molar-refractivity contribution in [1.29, 1.82) is 0 Å². The Morgan fingerprint density at radius 3 is 2.08 bits per heavy atom. The minimum absolute atomic E-state index is 0.0393. The van der Waals surface area contributed by atoms with Crippen LogP contribution < -0.4 is 0 Å². The molecule has 0 rings (SSSR count). The molecule has 4 nitrogen and oxygen atoms in total. The molecule has 70 valence electrons. The van der Waals surface area contributed by atoms with Crippen LogP contribution >= 0.6 is 0 Å². The fraction of sp³-hybridized carbons (Fsp3) is 0.750. The smallest absolute Gasteiger partial charge is 0.306 e. The lowest BCUT2D eigenvalue weighted by molar-refractivity contribution is -0.143. The van der Waals surface area contributed by atoms with E-state index in [4.69, 9.17) is 10.2 Å². The summed E-state index contributed by atoms with van der Waals surface area (Å²) in [5, 5.41) is 16.9. The van der Waals surface area contributed by atoms with Gasteiger partial charge < -0.3 is 10.2 Å². The fourth-order valence-corrected chi connectivity index (χ4v) is 1.09. The molecule has 2 atom stereocenters. The standard InChI is InChI=1S/C8H14O4/c1-5(4-7(9)10)3-6(2)8(11)12/h5-6H,3-4H2,1-2H3,(H,9,10)(H,11,12)/t5-,6+/m0/s1. The molecular formula is C8H14O4. The van der Waals surface area contributed by atoms with Crippen molar-refractivity contribution in [2.45, 2.75) is 26.7 Å². The molecule has 2 N–H and O–H groups in total. The highest BCUT2D eigenvalue weighted by Crippen LogP contribution is 2.14. The van der Waals surface area contributed by atoms with Crippen molar-refractivity contribution in [2.75, 3.05) is 0 Å². The van der Waals surface area contributed by atoms with Crippen molar-refractivity contribution < 1.29 is 19.8 Å². The quantitative estimate of drug-likeness (QED) is 0.656. The van der Waals surface area contributed by atoms with Crippen LogP contribution in [0.15, 0.2) is 0 Å². The maximum atomic E-state index is 10.4. The highest BCUT2D eigenvalue weighted by molar-refractivity contribution is 5.70. The van der Waals surface area contributed by atoms with Gasteiger partial charge >= 0.3 is 11.9 Å². The number of carboxylic acid groups (broad SMARTS) is 2. The fourth-order valence-electron chi connectivity index (χ4n) is 1.09. The molecule has 0 unspecified atom stereocenters. The highest BCUT2D eigenvalue weighted by atomic mass is 16.4. The summed E-state index contributed by atoms with van der Waals surface area (Å²) in [6, 6.07) is 0. The van der Waals surface area contributed by atoms with E-state index in [1.54, 1.807) is 13.8 Å². The van der Waals surface area contributed by atoms with Crippen molar-refractivity contribution in [3.05, 3.63) is 0 Å². The molecule has 0 heterocycles. The van der Waals surface area contributed by atoms with Gasteiger partial charge in [0.05, 0.1) is 5.92 Å². The van der Waals surface area contributed by atoms with E-state index in [2.05, 4.69) is 0 Å². The van der Waals surface area contributed by atoms with Gasteiger partial charge in [-0.25, -0.2) is 0 Å². The van der Waals surface area contributed by atoms with Crippen LogP contribution in [0, 0.1) is 11.8 Å². The van der Waals surface area contributed by atoms with Gasteiger partial charge in [-0.2, -0.15) is 0 Å². The van der Waals surface area contributed by atoms with Crippen LogP contribution in [0.1, 0.15) is 26.7 Å². The van der Waals surface area contributed by atoms with Crippen LogP contribution in [0.5, 0.6) is 0 Å². The van der Waals surface area contributed by atoms with Gasteiger partial charge in [-0.15, -0.1) is 0 Å². The lowest BCUT2D eigenvalue weighted by Gasteiger charge is -2.11. The van der Waals surface area contributed by atoms with E-state index >= 15 is 0 Å². The second-order valence-corrected chi connectivity index (χ2v) is 3.18. The van der Waals surface area contributed by atoms with Gasteiger partial charge in [-0.1, -0.05) is 13.8 Å². The molecule has 0 aliphatic heterocycles. The zero-order chi connectivity index (χ0) is 9.72. The highest BCUT2D eigenvalue weighted by Gasteiger charge is 2.16. The van der Waals surface area contributed by atoms with Gasteiger partial charge in [-0.05, 0) is 12.3 Å². The first-order valence-corrected chi connectivity index (χ1v) is 3.88. The summed E-state index contributed by atoms with van der Waals surface area (Å²) in [5.74, 6) is -2.28. The van der Waals surface area contributed by atoms with Gasteiger partial charge in [0.2, 0.25) is 0 Å². The molecule has 0 aliphatic carbocycles. The summed E-state index contributed by atoms with van der Waals surface area (Å²) >= 11 is 0. The van der Waals surface area contributed by atoms with Gasteiger partial charge in [0.15, 0.2) is 0 Å². The van der Waals surface area contributed by atoms with Crippen molar-refractivity contribution in [3.8, 4) is 0 Å². The SMILES string of the molecule is C[C@H](CC(=O)O)C[C@@H](C)C(=O)O. The number of rotatable bonds is 5. The molecule has 0 aromatic rings. The predicted octanol–water partition coefficient (Wildman–Crippen LogP) is 1.21. The number of carboxylic acids is 2. The van der Waals surface area contributed by atoms with Gasteiger partial charge in [-0.3, -0.25) is 9.59 Å². The van der Waals surface area contributed by atoms with Crippen LogP contribution in [-0.4, -0.2) is 22.2 Å². The molecule has 0 saturated heterocycles. The zero-order valence-corrected chi connectivity index (χ0v) is 7.28. The van der Waals surface area contributed by atoms with Crippen LogP contribution in [0.4, 0.5) is 0 Å². The molecule has 0 amide bonds. The first-order chi connectivity index (χ1) is 5.43. The minimum atomic E-state index is -0.875. The summed E-state index contributed by atoms with van der Waals surface area (Å²) in [7, 11) is 0. The monoisotopic (exact) mass is 174 g/mol. The molecule has 12 heavy (non-hydrogen) atoms. The summed E-state index contributed by atoms with van der Waals surface area (Å²) in [4.78, 5) is 20.6. The van der Waals surface area contributed by atoms with Crippen LogP contribution in [-0.2, 0) is 9.59 Å². The Bertz CT molecular complexity index is 176. The number of aliphatic carboxylic acids is 2. The molecule has 0 radical (unpaired) electrons. The van der Waals surface area contributed by atoms with Crippen molar-refractivity contribution in [1.82, 2.24) is 0 Å². The zero-order valence-electron chi connectivity index (χ0n) is 7.28.